The first-order valence-electron chi connectivity index (χ1n) is 25.9. The lowest BCUT2D eigenvalue weighted by Gasteiger charge is -2.33. The minimum atomic E-state index is -0.461. The van der Waals surface area contributed by atoms with Crippen molar-refractivity contribution in [1.82, 2.24) is 4.57 Å². The van der Waals surface area contributed by atoms with E-state index in [2.05, 4.69) is 313 Å². The minimum Gasteiger partial charge on any atom is -0.310 e. The SMILES string of the molecule is c1ccc(-c2cc(-c3ccccc3)cc(N(c3ccccc3)c3cccc(-c4ccccc4-c4ccc5c6ccccc6n(-c6ccc7c(c6)-c6ccccc6C7(c6ccccc6)c6ccccc6)c5c4)c3)c2)cc1. The number of anilines is 3. The summed E-state index contributed by atoms with van der Waals surface area (Å²) < 4.78 is 2.48. The second kappa shape index (κ2) is 18.4. The molecule has 1 aromatic heterocycles. The van der Waals surface area contributed by atoms with E-state index in [9.17, 15) is 0 Å². The van der Waals surface area contributed by atoms with E-state index in [1.807, 2.05) is 0 Å². The zero-order valence-electron chi connectivity index (χ0n) is 41.3. The van der Waals surface area contributed by atoms with Crippen LogP contribution >= 0.6 is 0 Å². The lowest BCUT2D eigenvalue weighted by Crippen LogP contribution is -2.28. The molecule has 2 heteroatoms. The third-order valence-electron chi connectivity index (χ3n) is 15.4. The van der Waals surface area contributed by atoms with Crippen molar-refractivity contribution in [3.8, 4) is 61.3 Å². The summed E-state index contributed by atoms with van der Waals surface area (Å²) in [5.41, 5.74) is 23.3. The molecule has 0 spiro atoms. The highest BCUT2D eigenvalue weighted by Crippen LogP contribution is 2.56. The molecule has 2 nitrogen and oxygen atoms in total. The molecule has 0 atom stereocenters. The molecule has 1 heterocycles. The quantitative estimate of drug-likeness (QED) is 0.133. The molecule has 0 saturated carbocycles. The average molecular weight is 955 g/mol. The van der Waals surface area contributed by atoms with Crippen molar-refractivity contribution in [3.63, 3.8) is 0 Å². The number of hydrogen-bond acceptors (Lipinski definition) is 1. The number of hydrogen-bond donors (Lipinski definition) is 0. The molecular weight excluding hydrogens is 905 g/mol. The normalized spacial score (nSPS) is 12.4. The Kier molecular flexibility index (Phi) is 10.8. The number of nitrogens with zero attached hydrogens (tertiary/aromatic N) is 2. The van der Waals surface area contributed by atoms with Gasteiger partial charge in [0.2, 0.25) is 0 Å². The predicted molar refractivity (Wildman–Crippen MR) is 315 cm³/mol. The molecule has 0 fully saturated rings. The molecule has 0 unspecified atom stereocenters. The maximum atomic E-state index is 2.48. The van der Waals surface area contributed by atoms with Gasteiger partial charge in [0.05, 0.1) is 16.4 Å². The average Bonchev–Trinajstić information content (AvgIpc) is 4.09. The molecule has 14 rings (SSSR count). The van der Waals surface area contributed by atoms with Crippen LogP contribution in [0.2, 0.25) is 0 Å². The highest BCUT2D eigenvalue weighted by atomic mass is 15.1. The maximum absolute atomic E-state index is 2.48. The third-order valence-corrected chi connectivity index (χ3v) is 15.4. The van der Waals surface area contributed by atoms with Crippen molar-refractivity contribution in [2.45, 2.75) is 5.41 Å². The summed E-state index contributed by atoms with van der Waals surface area (Å²) in [6.07, 6.45) is 0. The van der Waals surface area contributed by atoms with Crippen molar-refractivity contribution in [1.29, 1.82) is 0 Å². The number of aromatic nitrogens is 1. The molecular formula is C73H50N2. The third kappa shape index (κ3) is 7.41. The topological polar surface area (TPSA) is 8.17 Å². The van der Waals surface area contributed by atoms with Crippen molar-refractivity contribution >= 4 is 38.9 Å². The second-order valence-electron chi connectivity index (χ2n) is 19.6. The Hall–Kier alpha value is -9.76. The lowest BCUT2D eigenvalue weighted by atomic mass is 9.68. The molecule has 0 radical (unpaired) electrons. The summed E-state index contributed by atoms with van der Waals surface area (Å²) in [7, 11) is 0. The molecule has 75 heavy (non-hydrogen) atoms. The summed E-state index contributed by atoms with van der Waals surface area (Å²) in [5, 5.41) is 2.46. The van der Waals surface area contributed by atoms with Gasteiger partial charge in [-0.05, 0) is 145 Å². The molecule has 0 aliphatic heterocycles. The van der Waals surface area contributed by atoms with Gasteiger partial charge >= 0.3 is 0 Å². The Morgan fingerprint density at radius 2 is 0.733 bits per heavy atom. The predicted octanol–water partition coefficient (Wildman–Crippen LogP) is 19.3. The van der Waals surface area contributed by atoms with Gasteiger partial charge in [0.25, 0.3) is 0 Å². The maximum Gasteiger partial charge on any atom is 0.0713 e. The van der Waals surface area contributed by atoms with E-state index in [0.717, 1.165) is 33.9 Å². The van der Waals surface area contributed by atoms with E-state index in [4.69, 9.17) is 0 Å². The van der Waals surface area contributed by atoms with E-state index in [1.165, 1.54) is 88.6 Å². The molecule has 0 saturated heterocycles. The summed E-state index contributed by atoms with van der Waals surface area (Å²) >= 11 is 0. The van der Waals surface area contributed by atoms with Gasteiger partial charge in [-0.2, -0.15) is 0 Å². The Morgan fingerprint density at radius 1 is 0.253 bits per heavy atom. The van der Waals surface area contributed by atoms with E-state index in [0.29, 0.717) is 0 Å². The van der Waals surface area contributed by atoms with E-state index in [-0.39, 0.29) is 0 Å². The largest absolute Gasteiger partial charge is 0.310 e. The van der Waals surface area contributed by atoms with Crippen LogP contribution < -0.4 is 4.90 Å². The molecule has 12 aromatic carbocycles. The van der Waals surface area contributed by atoms with Crippen LogP contribution in [-0.2, 0) is 5.41 Å². The van der Waals surface area contributed by atoms with Crippen molar-refractivity contribution < 1.29 is 0 Å². The van der Waals surface area contributed by atoms with Gasteiger partial charge in [0, 0.05) is 33.5 Å². The van der Waals surface area contributed by atoms with Crippen LogP contribution in [-0.4, -0.2) is 4.57 Å². The highest BCUT2D eigenvalue weighted by molar-refractivity contribution is 6.11. The van der Waals surface area contributed by atoms with Gasteiger partial charge < -0.3 is 9.47 Å². The van der Waals surface area contributed by atoms with Crippen molar-refractivity contribution in [2.24, 2.45) is 0 Å². The van der Waals surface area contributed by atoms with Crippen molar-refractivity contribution in [2.75, 3.05) is 4.90 Å². The lowest BCUT2D eigenvalue weighted by molar-refractivity contribution is 0.768. The van der Waals surface area contributed by atoms with Gasteiger partial charge in [-0.25, -0.2) is 0 Å². The first-order chi connectivity index (χ1) is 37.2. The Labute approximate surface area is 438 Å². The molecule has 0 N–H and O–H groups in total. The van der Waals surface area contributed by atoms with Crippen molar-refractivity contribution in [3.05, 3.63) is 326 Å². The zero-order valence-corrected chi connectivity index (χ0v) is 41.3. The fourth-order valence-corrected chi connectivity index (χ4v) is 12.2. The number of rotatable bonds is 10. The summed E-state index contributed by atoms with van der Waals surface area (Å²) in [6.45, 7) is 0. The summed E-state index contributed by atoms with van der Waals surface area (Å²) in [4.78, 5) is 2.40. The first-order valence-corrected chi connectivity index (χ1v) is 25.9. The van der Waals surface area contributed by atoms with E-state index in [1.54, 1.807) is 0 Å². The van der Waals surface area contributed by atoms with Gasteiger partial charge in [0.1, 0.15) is 0 Å². The van der Waals surface area contributed by atoms with E-state index >= 15 is 0 Å². The molecule has 352 valence electrons. The molecule has 1 aliphatic rings. The minimum absolute atomic E-state index is 0.461. The van der Waals surface area contributed by atoms with Gasteiger partial charge in [0.15, 0.2) is 0 Å². The fraction of sp³-hybridized carbons (Fsp3) is 0.0137. The van der Waals surface area contributed by atoms with Gasteiger partial charge in [-0.3, -0.25) is 0 Å². The van der Waals surface area contributed by atoms with Gasteiger partial charge in [-0.1, -0.05) is 237 Å². The molecule has 13 aromatic rings. The Balaban J connectivity index is 0.913. The number of fused-ring (bicyclic) bond motifs is 6. The highest BCUT2D eigenvalue weighted by Gasteiger charge is 2.46. The van der Waals surface area contributed by atoms with Crippen LogP contribution in [0.15, 0.2) is 303 Å². The van der Waals surface area contributed by atoms with E-state index < -0.39 is 5.41 Å². The fourth-order valence-electron chi connectivity index (χ4n) is 12.2. The molecule has 1 aliphatic carbocycles. The number of benzene rings is 12. The number of para-hydroxylation sites is 2. The van der Waals surface area contributed by atoms with Crippen LogP contribution in [0.3, 0.4) is 0 Å². The summed E-state index contributed by atoms with van der Waals surface area (Å²) in [5.74, 6) is 0. The standard InChI is InChI=1S/C73H50N2/c1-6-23-51(24-7-1)55-45-56(52-25-8-2-9-26-52)48-62(47-55)74(59-32-14-5-15-33-59)60-34-22-27-53(46-60)63-35-16-17-36-64(63)54-41-43-67-66-38-19-21-40-71(66)75(72(67)49-54)61-42-44-70-68(50-61)65-37-18-20-39-69(65)73(70,57-28-10-3-11-29-57)58-30-12-4-13-31-58/h1-50H. The Bertz CT molecular complexity index is 4120. The van der Waals surface area contributed by atoms with Crippen LogP contribution in [0, 0.1) is 0 Å². The molecule has 0 bridgehead atoms. The Morgan fingerprint density at radius 3 is 1.39 bits per heavy atom. The van der Waals surface area contributed by atoms with Gasteiger partial charge in [-0.15, -0.1) is 0 Å². The zero-order chi connectivity index (χ0) is 49.7. The van der Waals surface area contributed by atoms with Crippen LogP contribution in [0.25, 0.3) is 83.1 Å². The van der Waals surface area contributed by atoms with Crippen LogP contribution in [0.4, 0.5) is 17.1 Å². The smallest absolute Gasteiger partial charge is 0.0713 e. The van der Waals surface area contributed by atoms with Crippen LogP contribution in [0.5, 0.6) is 0 Å². The first kappa shape index (κ1) is 44.0. The summed E-state index contributed by atoms with van der Waals surface area (Å²) in [6, 6.07) is 111. The van der Waals surface area contributed by atoms with Crippen LogP contribution in [0.1, 0.15) is 22.3 Å². The second-order valence-corrected chi connectivity index (χ2v) is 19.6. The molecule has 0 amide bonds. The monoisotopic (exact) mass is 954 g/mol.